The maximum absolute atomic E-state index is 14.5. The van der Waals surface area contributed by atoms with Crippen LogP contribution in [0.15, 0.2) is 23.3 Å². The first kappa shape index (κ1) is 28.8. The zero-order valence-corrected chi connectivity index (χ0v) is 25.2. The van der Waals surface area contributed by atoms with Gasteiger partial charge in [0, 0.05) is 11.3 Å². The molecule has 0 radical (unpaired) electrons. The molecule has 5 aliphatic rings. The number of rotatable bonds is 2. The van der Waals surface area contributed by atoms with Crippen LogP contribution in [0.2, 0.25) is 0 Å². The van der Waals surface area contributed by atoms with Crippen molar-refractivity contribution in [1.29, 1.82) is 5.26 Å². The number of nitriles is 1. The van der Waals surface area contributed by atoms with Crippen molar-refractivity contribution in [2.45, 2.75) is 86.5 Å². The molecule has 8 atom stereocenters. The molecule has 5 aliphatic carbocycles. The molecule has 5 rings (SSSR count). The van der Waals surface area contributed by atoms with Crippen LogP contribution in [0.1, 0.15) is 86.5 Å². The number of methoxy groups -OCH3 is 2. The topological polar surface area (TPSA) is 111 Å². The molecule has 0 spiro atoms. The molecule has 0 N–H and O–H groups in total. The van der Waals surface area contributed by atoms with Gasteiger partial charge in [0.05, 0.1) is 25.2 Å². The van der Waals surface area contributed by atoms with Crippen molar-refractivity contribution < 1.29 is 28.7 Å². The normalized spacial score (nSPS) is 45.3. The number of hydrogen-bond donors (Lipinski definition) is 0. The van der Waals surface area contributed by atoms with Gasteiger partial charge in [-0.2, -0.15) is 5.26 Å². The highest BCUT2D eigenvalue weighted by Gasteiger charge is 2.72. The number of ketones is 2. The van der Waals surface area contributed by atoms with Gasteiger partial charge >= 0.3 is 11.9 Å². The summed E-state index contributed by atoms with van der Waals surface area (Å²) in [7, 11) is 2.72. The molecular weight excluding hydrogens is 506 g/mol. The Balaban J connectivity index is 1.72. The quantitative estimate of drug-likeness (QED) is 0.329. The average Bonchev–Trinajstić information content (AvgIpc) is 2.90. The SMILES string of the molecule is COC(=O)[C@]12CCC(C)(C)CC1C1C(=O)C=C3[C@@]4(C)C=C(C#N)C(=O)[C@@](C)(C(=O)OC)[C@@H]4CC[C@@]3(C)[C@]1(C)CC2. The highest BCUT2D eigenvalue weighted by molar-refractivity contribution is 6.15. The second kappa shape index (κ2) is 8.63. The number of nitrogens with zero attached hydrogens (tertiary/aromatic N) is 1. The summed E-state index contributed by atoms with van der Waals surface area (Å²) < 4.78 is 10.5. The Bertz CT molecular complexity index is 1320. The monoisotopic (exact) mass is 549 g/mol. The van der Waals surface area contributed by atoms with Crippen LogP contribution in [0.5, 0.6) is 0 Å². The van der Waals surface area contributed by atoms with E-state index in [-0.39, 0.29) is 34.6 Å². The van der Waals surface area contributed by atoms with Crippen molar-refractivity contribution in [2.75, 3.05) is 14.2 Å². The van der Waals surface area contributed by atoms with Gasteiger partial charge in [0.2, 0.25) is 0 Å². The predicted molar refractivity (Wildman–Crippen MR) is 147 cm³/mol. The molecular formula is C33H43NO6. The van der Waals surface area contributed by atoms with Crippen LogP contribution in [0, 0.1) is 61.6 Å². The Morgan fingerprint density at radius 1 is 0.925 bits per heavy atom. The largest absolute Gasteiger partial charge is 0.469 e. The smallest absolute Gasteiger partial charge is 0.319 e. The molecule has 0 aromatic rings. The van der Waals surface area contributed by atoms with Gasteiger partial charge < -0.3 is 9.47 Å². The summed E-state index contributed by atoms with van der Waals surface area (Å²) in [6.45, 7) is 12.5. The Morgan fingerprint density at radius 2 is 1.55 bits per heavy atom. The van der Waals surface area contributed by atoms with E-state index in [0.717, 1.165) is 24.8 Å². The van der Waals surface area contributed by atoms with Crippen LogP contribution in [0.25, 0.3) is 0 Å². The van der Waals surface area contributed by atoms with Crippen LogP contribution in [0.4, 0.5) is 0 Å². The lowest BCUT2D eigenvalue weighted by atomic mass is 9.34. The molecule has 0 saturated heterocycles. The summed E-state index contributed by atoms with van der Waals surface area (Å²) in [5.74, 6) is -2.26. The number of hydrogen-bond acceptors (Lipinski definition) is 7. The van der Waals surface area contributed by atoms with Crippen LogP contribution < -0.4 is 0 Å². The number of carbonyl (C=O) groups excluding carboxylic acids is 4. The molecule has 40 heavy (non-hydrogen) atoms. The van der Waals surface area contributed by atoms with E-state index >= 15 is 0 Å². The molecule has 216 valence electrons. The van der Waals surface area contributed by atoms with E-state index in [9.17, 15) is 24.4 Å². The second-order valence-electron chi connectivity index (χ2n) is 14.9. The molecule has 7 heteroatoms. The van der Waals surface area contributed by atoms with Crippen molar-refractivity contribution in [2.24, 2.45) is 50.2 Å². The zero-order valence-electron chi connectivity index (χ0n) is 25.2. The van der Waals surface area contributed by atoms with Crippen molar-refractivity contribution in [1.82, 2.24) is 0 Å². The molecule has 0 bridgehead atoms. The first-order valence-corrected chi connectivity index (χ1v) is 14.6. The summed E-state index contributed by atoms with van der Waals surface area (Å²) in [6, 6.07) is 2.04. The Labute approximate surface area is 237 Å². The van der Waals surface area contributed by atoms with E-state index < -0.39 is 44.7 Å². The fourth-order valence-electron chi connectivity index (χ4n) is 10.3. The molecule has 0 amide bonds. The molecule has 0 aliphatic heterocycles. The molecule has 0 heterocycles. The fraction of sp³-hybridized carbons (Fsp3) is 0.727. The minimum Gasteiger partial charge on any atom is -0.469 e. The molecule has 2 unspecified atom stereocenters. The number of ether oxygens (including phenoxy) is 2. The summed E-state index contributed by atoms with van der Waals surface area (Å²) in [5.41, 5.74) is -3.08. The van der Waals surface area contributed by atoms with E-state index in [1.807, 2.05) is 13.0 Å². The average molecular weight is 550 g/mol. The van der Waals surface area contributed by atoms with Crippen molar-refractivity contribution in [3.05, 3.63) is 23.3 Å². The third kappa shape index (κ3) is 3.28. The summed E-state index contributed by atoms with van der Waals surface area (Å²) in [4.78, 5) is 54.6. The van der Waals surface area contributed by atoms with Crippen molar-refractivity contribution in [3.63, 3.8) is 0 Å². The lowest BCUT2D eigenvalue weighted by molar-refractivity contribution is -0.191. The van der Waals surface area contributed by atoms with Gasteiger partial charge in [0.1, 0.15) is 11.5 Å². The first-order chi connectivity index (χ1) is 18.5. The molecule has 0 aromatic carbocycles. The minimum atomic E-state index is -1.52. The molecule has 3 saturated carbocycles. The highest BCUT2D eigenvalue weighted by Crippen LogP contribution is 2.74. The van der Waals surface area contributed by atoms with E-state index in [1.54, 1.807) is 19.1 Å². The van der Waals surface area contributed by atoms with Gasteiger partial charge in [-0.3, -0.25) is 19.2 Å². The van der Waals surface area contributed by atoms with Gasteiger partial charge in [-0.1, -0.05) is 46.3 Å². The Kier molecular flexibility index (Phi) is 6.21. The van der Waals surface area contributed by atoms with E-state index in [0.29, 0.717) is 25.7 Å². The fourth-order valence-corrected chi connectivity index (χ4v) is 10.3. The van der Waals surface area contributed by atoms with Gasteiger partial charge in [-0.25, -0.2) is 0 Å². The predicted octanol–water partition coefficient (Wildman–Crippen LogP) is 5.53. The highest BCUT2D eigenvalue weighted by atomic mass is 16.5. The number of fused-ring (bicyclic) bond motifs is 7. The second-order valence-corrected chi connectivity index (χ2v) is 14.9. The molecule has 0 aromatic heterocycles. The third-order valence-corrected chi connectivity index (χ3v) is 12.8. The van der Waals surface area contributed by atoms with Gasteiger partial charge in [0.15, 0.2) is 11.6 Å². The van der Waals surface area contributed by atoms with Crippen LogP contribution >= 0.6 is 0 Å². The standard InChI is InChI=1S/C33H43NO6/c1-28(2)11-13-33(27(38)40-8)14-12-31(5)24(20(33)17-28)21(35)15-23-29(3)16-19(18-34)25(36)32(6,26(37)39-7)22(29)9-10-30(23,31)4/h15-16,20,22,24H,9-14,17H2,1-8H3/t20?,22-,24?,29+,30-,31-,32+,33+/m1/s1. The molecule has 3 fully saturated rings. The van der Waals surface area contributed by atoms with Crippen LogP contribution in [0.3, 0.4) is 0 Å². The first-order valence-electron chi connectivity index (χ1n) is 14.6. The van der Waals surface area contributed by atoms with Crippen molar-refractivity contribution >= 4 is 23.5 Å². The van der Waals surface area contributed by atoms with Gasteiger partial charge in [0.25, 0.3) is 0 Å². The van der Waals surface area contributed by atoms with Gasteiger partial charge in [-0.05, 0) is 86.0 Å². The number of carbonyl (C=O) groups is 4. The van der Waals surface area contributed by atoms with Gasteiger partial charge in [-0.15, -0.1) is 0 Å². The molecule has 7 nitrogen and oxygen atoms in total. The lowest BCUT2D eigenvalue weighted by Crippen LogP contribution is -2.66. The van der Waals surface area contributed by atoms with Crippen LogP contribution in [-0.4, -0.2) is 37.7 Å². The lowest BCUT2D eigenvalue weighted by Gasteiger charge is -2.68. The van der Waals surface area contributed by atoms with E-state index in [1.165, 1.54) is 14.2 Å². The third-order valence-electron chi connectivity index (χ3n) is 12.8. The number of Topliss-reactive ketones (excluding diaryl/α,β-unsaturated/α-hetero) is 1. The maximum atomic E-state index is 14.5. The minimum absolute atomic E-state index is 0.00570. The van der Waals surface area contributed by atoms with Crippen LogP contribution in [-0.2, 0) is 28.7 Å². The summed E-state index contributed by atoms with van der Waals surface area (Å²) in [6.07, 6.45) is 8.53. The maximum Gasteiger partial charge on any atom is 0.319 e. The van der Waals surface area contributed by atoms with Crippen molar-refractivity contribution in [3.8, 4) is 6.07 Å². The Morgan fingerprint density at radius 3 is 2.15 bits per heavy atom. The van der Waals surface area contributed by atoms with E-state index in [2.05, 4.69) is 27.7 Å². The Hall–Kier alpha value is -2.75. The summed E-state index contributed by atoms with van der Waals surface area (Å²) >= 11 is 0. The number of esters is 2. The number of allylic oxidation sites excluding steroid dienone is 4. The zero-order chi connectivity index (χ0) is 29.7. The summed E-state index contributed by atoms with van der Waals surface area (Å²) in [5, 5.41) is 9.96. The van der Waals surface area contributed by atoms with E-state index in [4.69, 9.17) is 9.47 Å².